The Morgan fingerprint density at radius 3 is 2.71 bits per heavy atom. The highest BCUT2D eigenvalue weighted by atomic mass is 35.5. The second-order valence-corrected chi connectivity index (χ2v) is 7.64. The molecule has 0 radical (unpaired) electrons. The normalized spacial score (nSPS) is 16.9. The van der Waals surface area contributed by atoms with Gasteiger partial charge < -0.3 is 15.2 Å². The maximum absolute atomic E-state index is 12.9. The van der Waals surface area contributed by atoms with Crippen LogP contribution in [0, 0.1) is 5.92 Å². The lowest BCUT2D eigenvalue weighted by molar-refractivity contribution is -0.126. The lowest BCUT2D eigenvalue weighted by Gasteiger charge is -2.31. The number of hydrogen-bond donors (Lipinski definition) is 2. The van der Waals surface area contributed by atoms with E-state index in [1.165, 1.54) is 0 Å². The topological polar surface area (TPSA) is 65.2 Å². The smallest absolute Gasteiger partial charge is 0.270 e. The molecule has 0 spiro atoms. The summed E-state index contributed by atoms with van der Waals surface area (Å²) in [6.45, 7) is 1.58. The molecule has 1 saturated heterocycles. The minimum atomic E-state index is -0.186. The summed E-state index contributed by atoms with van der Waals surface area (Å²) in [6.07, 6.45) is 1.62. The first-order valence-electron chi connectivity index (χ1n) is 9.49. The molecule has 0 aliphatic carbocycles. The number of carbonyl (C=O) groups is 2. The summed E-state index contributed by atoms with van der Waals surface area (Å²) in [6, 6.07) is 17.1. The van der Waals surface area contributed by atoms with Gasteiger partial charge in [0.1, 0.15) is 5.69 Å². The van der Waals surface area contributed by atoms with Crippen LogP contribution in [0.3, 0.4) is 0 Å². The first-order valence-corrected chi connectivity index (χ1v) is 9.87. The third-order valence-electron chi connectivity index (χ3n) is 5.22. The van der Waals surface area contributed by atoms with Gasteiger partial charge in [0, 0.05) is 35.6 Å². The highest BCUT2D eigenvalue weighted by molar-refractivity contribution is 6.30. The molecule has 3 aromatic rings. The molecule has 2 aromatic carbocycles. The van der Waals surface area contributed by atoms with E-state index in [-0.39, 0.29) is 17.7 Å². The summed E-state index contributed by atoms with van der Waals surface area (Å²) in [4.78, 5) is 30.5. The van der Waals surface area contributed by atoms with Crippen molar-refractivity contribution >= 4 is 34.3 Å². The fourth-order valence-electron chi connectivity index (χ4n) is 3.67. The number of hydrogen-bond acceptors (Lipinski definition) is 2. The molecule has 28 heavy (non-hydrogen) atoms. The Balaban J connectivity index is 1.38. The first-order chi connectivity index (χ1) is 13.6. The molecule has 1 atom stereocenters. The zero-order chi connectivity index (χ0) is 19.5. The van der Waals surface area contributed by atoms with Crippen molar-refractivity contribution in [3.05, 3.63) is 70.9 Å². The van der Waals surface area contributed by atoms with Crippen molar-refractivity contribution in [2.75, 3.05) is 13.1 Å². The van der Waals surface area contributed by atoms with E-state index in [4.69, 9.17) is 11.6 Å². The fourth-order valence-corrected chi connectivity index (χ4v) is 3.80. The van der Waals surface area contributed by atoms with Gasteiger partial charge in [0.05, 0.1) is 5.92 Å². The number of nitrogens with zero attached hydrogens (tertiary/aromatic N) is 1. The molecule has 1 aliphatic heterocycles. The van der Waals surface area contributed by atoms with Crippen molar-refractivity contribution in [3.8, 4) is 0 Å². The van der Waals surface area contributed by atoms with Crippen LogP contribution in [-0.4, -0.2) is 34.8 Å². The Morgan fingerprint density at radius 1 is 1.14 bits per heavy atom. The van der Waals surface area contributed by atoms with Crippen LogP contribution in [-0.2, 0) is 11.3 Å². The average molecular weight is 396 g/mol. The molecule has 1 fully saturated rings. The van der Waals surface area contributed by atoms with Gasteiger partial charge in [0.25, 0.3) is 5.91 Å². The van der Waals surface area contributed by atoms with Crippen LogP contribution in [0.15, 0.2) is 54.6 Å². The zero-order valence-electron chi connectivity index (χ0n) is 15.5. The predicted octanol–water partition coefficient (Wildman–Crippen LogP) is 3.99. The summed E-state index contributed by atoms with van der Waals surface area (Å²) < 4.78 is 0. The molecule has 0 bridgehead atoms. The highest BCUT2D eigenvalue weighted by Gasteiger charge is 2.29. The first kappa shape index (κ1) is 18.6. The highest BCUT2D eigenvalue weighted by Crippen LogP contribution is 2.21. The van der Waals surface area contributed by atoms with E-state index in [2.05, 4.69) is 10.3 Å². The van der Waals surface area contributed by atoms with Crippen LogP contribution in [0.1, 0.15) is 28.9 Å². The average Bonchev–Trinajstić information content (AvgIpc) is 3.17. The number of benzene rings is 2. The molecule has 2 N–H and O–H groups in total. The Bertz CT molecular complexity index is 963. The van der Waals surface area contributed by atoms with Gasteiger partial charge in [-0.1, -0.05) is 41.9 Å². The van der Waals surface area contributed by atoms with Crippen molar-refractivity contribution in [1.82, 2.24) is 15.2 Å². The largest absolute Gasteiger partial charge is 0.352 e. The Hall–Kier alpha value is -2.79. The molecular formula is C22H22ClN3O2. The number of fused-ring (bicyclic) bond motifs is 1. The van der Waals surface area contributed by atoms with Crippen LogP contribution in [0.4, 0.5) is 0 Å². The van der Waals surface area contributed by atoms with Crippen LogP contribution in [0.25, 0.3) is 10.9 Å². The van der Waals surface area contributed by atoms with E-state index < -0.39 is 0 Å². The summed E-state index contributed by atoms with van der Waals surface area (Å²) in [5.41, 5.74) is 2.52. The molecule has 1 aliphatic rings. The summed E-state index contributed by atoms with van der Waals surface area (Å²) in [5, 5.41) is 4.67. The number of likely N-dealkylation sites (tertiary alicyclic amines) is 1. The van der Waals surface area contributed by atoms with Gasteiger partial charge >= 0.3 is 0 Å². The number of rotatable bonds is 4. The van der Waals surface area contributed by atoms with Gasteiger partial charge in [0.2, 0.25) is 5.91 Å². The SMILES string of the molecule is O=C(NCc1ccc(Cl)cc1)[C@@H]1CCCN(C(=O)c2cc3ccccc3[nH]2)C1. The fraction of sp³-hybridized carbons (Fsp3) is 0.273. The molecule has 2 heterocycles. The van der Waals surface area contributed by atoms with E-state index in [1.807, 2.05) is 54.6 Å². The third kappa shape index (κ3) is 4.04. The van der Waals surface area contributed by atoms with E-state index >= 15 is 0 Å². The van der Waals surface area contributed by atoms with Crippen LogP contribution in [0.2, 0.25) is 5.02 Å². The van der Waals surface area contributed by atoms with E-state index in [9.17, 15) is 9.59 Å². The van der Waals surface area contributed by atoms with E-state index in [0.717, 1.165) is 29.3 Å². The Kier molecular flexibility index (Phi) is 5.35. The molecule has 2 amide bonds. The molecule has 5 nitrogen and oxygen atoms in total. The predicted molar refractivity (Wildman–Crippen MR) is 110 cm³/mol. The number of amides is 2. The quantitative estimate of drug-likeness (QED) is 0.701. The minimum absolute atomic E-state index is 0.0101. The second-order valence-electron chi connectivity index (χ2n) is 7.20. The molecule has 144 valence electrons. The van der Waals surface area contributed by atoms with Crippen LogP contribution in [0.5, 0.6) is 0 Å². The molecule has 4 rings (SSSR count). The van der Waals surface area contributed by atoms with Gasteiger partial charge in [-0.05, 0) is 42.7 Å². The molecule has 1 aromatic heterocycles. The zero-order valence-corrected chi connectivity index (χ0v) is 16.2. The van der Waals surface area contributed by atoms with Gasteiger partial charge in [-0.25, -0.2) is 0 Å². The second kappa shape index (κ2) is 8.07. The third-order valence-corrected chi connectivity index (χ3v) is 5.47. The van der Waals surface area contributed by atoms with Crippen molar-refractivity contribution in [2.45, 2.75) is 19.4 Å². The number of carbonyl (C=O) groups excluding carboxylic acids is 2. The summed E-state index contributed by atoms with van der Waals surface area (Å²) in [5.74, 6) is -0.245. The standard InChI is InChI=1S/C22H22ClN3O2/c23-18-9-7-15(8-10-18)13-24-21(27)17-5-3-11-26(14-17)22(28)20-12-16-4-1-2-6-19(16)25-20/h1-2,4,6-10,12,17,25H,3,5,11,13-14H2,(H,24,27)/t17-/m1/s1. The van der Waals surface area contributed by atoms with Crippen LogP contribution < -0.4 is 5.32 Å². The number of halogens is 1. The Labute approximate surface area is 168 Å². The number of aromatic amines is 1. The minimum Gasteiger partial charge on any atom is -0.352 e. The maximum Gasteiger partial charge on any atom is 0.270 e. The summed E-state index contributed by atoms with van der Waals surface area (Å²) in [7, 11) is 0. The van der Waals surface area contributed by atoms with Crippen molar-refractivity contribution in [3.63, 3.8) is 0 Å². The molecule has 0 unspecified atom stereocenters. The summed E-state index contributed by atoms with van der Waals surface area (Å²) >= 11 is 5.89. The van der Waals surface area contributed by atoms with Crippen LogP contribution >= 0.6 is 11.6 Å². The van der Waals surface area contributed by atoms with Gasteiger partial charge in [-0.3, -0.25) is 9.59 Å². The number of nitrogens with one attached hydrogen (secondary N) is 2. The molecule has 6 heteroatoms. The van der Waals surface area contributed by atoms with E-state index in [0.29, 0.717) is 30.4 Å². The lowest BCUT2D eigenvalue weighted by Crippen LogP contribution is -2.45. The van der Waals surface area contributed by atoms with Gasteiger partial charge in [0.15, 0.2) is 0 Å². The van der Waals surface area contributed by atoms with E-state index in [1.54, 1.807) is 4.90 Å². The maximum atomic E-state index is 12.9. The van der Waals surface area contributed by atoms with Crippen molar-refractivity contribution in [2.24, 2.45) is 5.92 Å². The molecular weight excluding hydrogens is 374 g/mol. The number of H-pyrrole nitrogens is 1. The monoisotopic (exact) mass is 395 g/mol. The Morgan fingerprint density at radius 2 is 1.93 bits per heavy atom. The lowest BCUT2D eigenvalue weighted by atomic mass is 9.96. The van der Waals surface area contributed by atoms with Gasteiger partial charge in [-0.15, -0.1) is 0 Å². The molecule has 0 saturated carbocycles. The number of para-hydroxylation sites is 1. The number of aromatic nitrogens is 1. The number of piperidine rings is 1. The van der Waals surface area contributed by atoms with Crippen molar-refractivity contribution in [1.29, 1.82) is 0 Å². The van der Waals surface area contributed by atoms with Gasteiger partial charge in [-0.2, -0.15) is 0 Å². The van der Waals surface area contributed by atoms with Crippen molar-refractivity contribution < 1.29 is 9.59 Å².